The SMILES string of the molecule is CC(Cc1nnc(SCC(=O)N2c3ccccc3Sc3ccc(Cl)cc32)o1)c1ccccc1. The minimum Gasteiger partial charge on any atom is -0.416 e. The molecule has 1 aliphatic rings. The Morgan fingerprint density at radius 2 is 1.79 bits per heavy atom. The predicted octanol–water partition coefficient (Wildman–Crippen LogP) is 6.99. The second kappa shape index (κ2) is 9.63. The Bertz CT molecular complexity index is 1300. The Morgan fingerprint density at radius 3 is 2.64 bits per heavy atom. The van der Waals surface area contributed by atoms with E-state index in [9.17, 15) is 4.79 Å². The molecule has 0 radical (unpaired) electrons. The number of thioether (sulfide) groups is 1. The first kappa shape index (κ1) is 22.1. The van der Waals surface area contributed by atoms with Crippen molar-refractivity contribution in [1.82, 2.24) is 10.2 Å². The zero-order chi connectivity index (χ0) is 22.8. The highest BCUT2D eigenvalue weighted by molar-refractivity contribution is 8.00. The summed E-state index contributed by atoms with van der Waals surface area (Å²) < 4.78 is 5.82. The van der Waals surface area contributed by atoms with Gasteiger partial charge in [-0.2, -0.15) is 0 Å². The van der Waals surface area contributed by atoms with Crippen LogP contribution >= 0.6 is 35.1 Å². The molecule has 1 aliphatic heterocycles. The van der Waals surface area contributed by atoms with Crippen LogP contribution in [0.1, 0.15) is 24.3 Å². The van der Waals surface area contributed by atoms with E-state index < -0.39 is 0 Å². The number of fused-ring (bicyclic) bond motifs is 2. The molecule has 0 saturated heterocycles. The highest BCUT2D eigenvalue weighted by Gasteiger charge is 2.28. The molecule has 166 valence electrons. The van der Waals surface area contributed by atoms with Gasteiger partial charge in [-0.1, -0.05) is 84.5 Å². The van der Waals surface area contributed by atoms with Crippen molar-refractivity contribution in [3.05, 3.63) is 89.3 Å². The maximum absolute atomic E-state index is 13.3. The van der Waals surface area contributed by atoms with E-state index in [1.54, 1.807) is 16.7 Å². The minimum atomic E-state index is -0.0753. The smallest absolute Gasteiger partial charge is 0.277 e. The van der Waals surface area contributed by atoms with Crippen molar-refractivity contribution < 1.29 is 9.21 Å². The van der Waals surface area contributed by atoms with Crippen molar-refractivity contribution in [3.63, 3.8) is 0 Å². The van der Waals surface area contributed by atoms with Crippen molar-refractivity contribution in [1.29, 1.82) is 0 Å². The molecule has 0 N–H and O–H groups in total. The van der Waals surface area contributed by atoms with Crippen molar-refractivity contribution in [2.24, 2.45) is 0 Å². The molecule has 1 unspecified atom stereocenters. The fourth-order valence-electron chi connectivity index (χ4n) is 3.73. The lowest BCUT2D eigenvalue weighted by atomic mass is 9.98. The fraction of sp³-hybridized carbons (Fsp3) is 0.160. The van der Waals surface area contributed by atoms with Gasteiger partial charge in [-0.15, -0.1) is 10.2 Å². The van der Waals surface area contributed by atoms with Gasteiger partial charge in [0.1, 0.15) is 0 Å². The zero-order valence-corrected chi connectivity index (χ0v) is 20.2. The number of benzene rings is 3. The molecule has 4 aromatic rings. The number of para-hydroxylation sites is 1. The summed E-state index contributed by atoms with van der Waals surface area (Å²) in [4.78, 5) is 17.1. The Kier molecular flexibility index (Phi) is 6.44. The molecule has 0 aliphatic carbocycles. The number of aromatic nitrogens is 2. The van der Waals surface area contributed by atoms with E-state index in [0.29, 0.717) is 22.6 Å². The number of hydrogen-bond donors (Lipinski definition) is 0. The molecule has 8 heteroatoms. The van der Waals surface area contributed by atoms with E-state index in [-0.39, 0.29) is 17.6 Å². The first-order chi connectivity index (χ1) is 16.1. The van der Waals surface area contributed by atoms with Crippen LogP contribution in [0.5, 0.6) is 0 Å². The van der Waals surface area contributed by atoms with Crippen molar-refractivity contribution in [2.45, 2.75) is 34.3 Å². The molecule has 1 atom stereocenters. The van der Waals surface area contributed by atoms with Gasteiger partial charge < -0.3 is 4.42 Å². The number of anilines is 2. The highest BCUT2D eigenvalue weighted by atomic mass is 35.5. The third-order valence-electron chi connectivity index (χ3n) is 5.35. The molecule has 3 aromatic carbocycles. The summed E-state index contributed by atoms with van der Waals surface area (Å²) in [5, 5.41) is 9.29. The molecule has 0 bridgehead atoms. The Hall–Kier alpha value is -2.74. The first-order valence-corrected chi connectivity index (χ1v) is 12.7. The van der Waals surface area contributed by atoms with Gasteiger partial charge in [-0.05, 0) is 41.8 Å². The number of rotatable bonds is 6. The third kappa shape index (κ3) is 4.81. The number of nitrogens with zero attached hydrogens (tertiary/aromatic N) is 3. The van der Waals surface area contributed by atoms with Gasteiger partial charge in [-0.25, -0.2) is 0 Å². The molecule has 2 heterocycles. The molecule has 0 saturated carbocycles. The summed E-state index contributed by atoms with van der Waals surface area (Å²) in [6.07, 6.45) is 0.647. The highest BCUT2D eigenvalue weighted by Crippen LogP contribution is 2.49. The molecule has 33 heavy (non-hydrogen) atoms. The molecule has 0 spiro atoms. The fourth-order valence-corrected chi connectivity index (χ4v) is 5.56. The van der Waals surface area contributed by atoms with E-state index in [2.05, 4.69) is 29.3 Å². The van der Waals surface area contributed by atoms with Crippen LogP contribution < -0.4 is 4.90 Å². The Labute approximate surface area is 205 Å². The number of carbonyl (C=O) groups is 1. The van der Waals surface area contributed by atoms with Gasteiger partial charge >= 0.3 is 0 Å². The van der Waals surface area contributed by atoms with E-state index in [1.807, 2.05) is 60.7 Å². The minimum absolute atomic E-state index is 0.0753. The van der Waals surface area contributed by atoms with Crippen LogP contribution in [0.4, 0.5) is 11.4 Å². The zero-order valence-electron chi connectivity index (χ0n) is 17.8. The normalized spacial score (nSPS) is 13.3. The second-order valence-corrected chi connectivity index (χ2v) is 10.1. The molecule has 1 amide bonds. The third-order valence-corrected chi connectivity index (χ3v) is 7.52. The summed E-state index contributed by atoms with van der Waals surface area (Å²) in [6, 6.07) is 23.7. The van der Waals surface area contributed by atoms with Gasteiger partial charge in [0.05, 0.1) is 17.1 Å². The van der Waals surface area contributed by atoms with Crippen LogP contribution in [0.15, 0.2) is 92.2 Å². The maximum Gasteiger partial charge on any atom is 0.277 e. The van der Waals surface area contributed by atoms with Crippen LogP contribution in [-0.2, 0) is 11.2 Å². The molecular weight excluding hydrogens is 474 g/mol. The monoisotopic (exact) mass is 493 g/mol. The summed E-state index contributed by atoms with van der Waals surface area (Å²) in [6.45, 7) is 2.13. The summed E-state index contributed by atoms with van der Waals surface area (Å²) >= 11 is 9.13. The van der Waals surface area contributed by atoms with Crippen molar-refractivity contribution >= 4 is 52.4 Å². The lowest BCUT2D eigenvalue weighted by molar-refractivity contribution is -0.115. The van der Waals surface area contributed by atoms with E-state index in [0.717, 1.165) is 21.2 Å². The van der Waals surface area contributed by atoms with Gasteiger partial charge in [-0.3, -0.25) is 9.69 Å². The first-order valence-electron chi connectivity index (χ1n) is 10.5. The number of halogens is 1. The van der Waals surface area contributed by atoms with Crippen molar-refractivity contribution in [3.8, 4) is 0 Å². The van der Waals surface area contributed by atoms with Crippen LogP contribution in [0.25, 0.3) is 0 Å². The molecule has 5 rings (SSSR count). The summed E-state index contributed by atoms with van der Waals surface area (Å²) in [5.41, 5.74) is 2.87. The number of hydrogen-bond acceptors (Lipinski definition) is 6. The van der Waals surface area contributed by atoms with Gasteiger partial charge in [0.15, 0.2) is 0 Å². The van der Waals surface area contributed by atoms with Crippen LogP contribution in [0.2, 0.25) is 5.02 Å². The Balaban J connectivity index is 1.30. The average molecular weight is 494 g/mol. The maximum atomic E-state index is 13.3. The molecule has 5 nitrogen and oxygen atoms in total. The van der Waals surface area contributed by atoms with Gasteiger partial charge in [0, 0.05) is 21.2 Å². The number of carbonyl (C=O) groups excluding carboxylic acids is 1. The van der Waals surface area contributed by atoms with E-state index in [1.165, 1.54) is 17.3 Å². The van der Waals surface area contributed by atoms with Crippen LogP contribution in [0, 0.1) is 0 Å². The van der Waals surface area contributed by atoms with Crippen LogP contribution in [0.3, 0.4) is 0 Å². The number of amides is 1. The molecule has 0 fully saturated rings. The quantitative estimate of drug-likeness (QED) is 0.270. The standard InChI is InChI=1S/C25H20ClN3O2S2/c1-16(17-7-3-2-4-8-17)13-23-27-28-25(31-23)32-15-24(30)29-19-9-5-6-10-21(19)33-22-12-11-18(26)14-20(22)29/h2-12,14,16H,13,15H2,1H3. The largest absolute Gasteiger partial charge is 0.416 e. The van der Waals surface area contributed by atoms with Crippen LogP contribution in [-0.4, -0.2) is 21.9 Å². The van der Waals surface area contributed by atoms with E-state index in [4.69, 9.17) is 16.0 Å². The molecular formula is C25H20ClN3O2S2. The molecule has 1 aromatic heterocycles. The second-order valence-electron chi connectivity index (χ2n) is 7.68. The van der Waals surface area contributed by atoms with Gasteiger partial charge in [0.25, 0.3) is 5.22 Å². The van der Waals surface area contributed by atoms with Gasteiger partial charge in [0.2, 0.25) is 11.8 Å². The Morgan fingerprint density at radius 1 is 1.03 bits per heavy atom. The van der Waals surface area contributed by atoms with E-state index >= 15 is 0 Å². The lowest BCUT2D eigenvalue weighted by Crippen LogP contribution is -2.30. The predicted molar refractivity (Wildman–Crippen MR) is 133 cm³/mol. The summed E-state index contributed by atoms with van der Waals surface area (Å²) in [7, 11) is 0. The average Bonchev–Trinajstić information content (AvgIpc) is 3.29. The topological polar surface area (TPSA) is 59.2 Å². The lowest BCUT2D eigenvalue weighted by Gasteiger charge is -2.31. The van der Waals surface area contributed by atoms with Crippen molar-refractivity contribution in [2.75, 3.05) is 10.7 Å². The summed E-state index contributed by atoms with van der Waals surface area (Å²) in [5.74, 6) is 0.919.